The average Bonchev–Trinajstić information content (AvgIpc) is 3.65. The number of carboxylic acid groups (broad SMARTS) is 1. The van der Waals surface area contributed by atoms with Crippen molar-refractivity contribution in [3.63, 3.8) is 0 Å². The van der Waals surface area contributed by atoms with Gasteiger partial charge in [0.05, 0.1) is 13.7 Å². The molecule has 0 aliphatic heterocycles. The van der Waals surface area contributed by atoms with Gasteiger partial charge in [0.15, 0.2) is 0 Å². The smallest absolute Gasteiger partial charge is 0.353 e. The second-order valence-electron chi connectivity index (χ2n) is 11.1. The summed E-state index contributed by atoms with van der Waals surface area (Å²) in [6.45, 7) is 8.28. The predicted molar refractivity (Wildman–Crippen MR) is 148 cm³/mol. The van der Waals surface area contributed by atoms with Crippen LogP contribution < -0.4 is 4.74 Å². The van der Waals surface area contributed by atoms with E-state index in [0.29, 0.717) is 19.1 Å². The Morgan fingerprint density at radius 3 is 2.41 bits per heavy atom. The molecule has 1 aliphatic carbocycles. The number of nitrogens with zero attached hydrogens (tertiary/aromatic N) is 1. The molecule has 1 heterocycles. The summed E-state index contributed by atoms with van der Waals surface area (Å²) in [7, 11) is 1.64. The van der Waals surface area contributed by atoms with E-state index in [0.717, 1.165) is 45.5 Å². The van der Waals surface area contributed by atoms with Crippen molar-refractivity contribution in [3.8, 4) is 16.9 Å². The maximum atomic E-state index is 12.8. The number of fused-ring (bicyclic) bond motifs is 1. The third-order valence-electron chi connectivity index (χ3n) is 7.16. The molecule has 0 saturated heterocycles. The van der Waals surface area contributed by atoms with Crippen LogP contribution in [0.3, 0.4) is 0 Å². The van der Waals surface area contributed by atoms with Gasteiger partial charge in [0.1, 0.15) is 11.4 Å². The Bertz CT molecular complexity index is 1420. The summed E-state index contributed by atoms with van der Waals surface area (Å²) in [4.78, 5) is 12.8. The first-order valence-electron chi connectivity index (χ1n) is 12.9. The van der Waals surface area contributed by atoms with Gasteiger partial charge in [-0.05, 0) is 70.7 Å². The largest absolute Gasteiger partial charge is 0.497 e. The van der Waals surface area contributed by atoms with E-state index in [2.05, 4.69) is 45.0 Å². The minimum absolute atomic E-state index is 0.0145. The Morgan fingerprint density at radius 1 is 1.00 bits per heavy atom. The molecule has 5 rings (SSSR count). The Balaban J connectivity index is 1.65. The van der Waals surface area contributed by atoms with Crippen molar-refractivity contribution in [2.45, 2.75) is 52.2 Å². The van der Waals surface area contributed by atoms with E-state index >= 15 is 0 Å². The highest BCUT2D eigenvalue weighted by Gasteiger charge is 2.25. The fraction of sp³-hybridized carbons (Fsp3) is 0.344. The van der Waals surface area contributed by atoms with Crippen LogP contribution in [0.5, 0.6) is 5.75 Å². The van der Waals surface area contributed by atoms with Crippen LogP contribution in [0.1, 0.15) is 60.8 Å². The molecule has 1 N–H and O–H groups in total. The zero-order chi connectivity index (χ0) is 26.2. The molecule has 1 aromatic heterocycles. The van der Waals surface area contributed by atoms with Crippen LogP contribution >= 0.6 is 0 Å². The summed E-state index contributed by atoms with van der Waals surface area (Å²) in [6, 6.07) is 22.3. The molecule has 5 heteroatoms. The number of hydrogen-bond acceptors (Lipinski definition) is 3. The lowest BCUT2D eigenvalue weighted by Crippen LogP contribution is -2.11. The number of benzene rings is 3. The number of methoxy groups -OCH3 is 1. The van der Waals surface area contributed by atoms with Gasteiger partial charge in [0.25, 0.3) is 0 Å². The van der Waals surface area contributed by atoms with Crippen molar-refractivity contribution in [2.24, 2.45) is 5.92 Å². The van der Waals surface area contributed by atoms with Gasteiger partial charge in [0.2, 0.25) is 0 Å². The fourth-order valence-corrected chi connectivity index (χ4v) is 4.89. The van der Waals surface area contributed by atoms with Gasteiger partial charge in [0, 0.05) is 29.6 Å². The Hall–Kier alpha value is -3.57. The van der Waals surface area contributed by atoms with E-state index in [1.165, 1.54) is 18.4 Å². The molecule has 1 saturated carbocycles. The molecule has 1 fully saturated rings. The van der Waals surface area contributed by atoms with E-state index < -0.39 is 5.97 Å². The number of rotatable bonds is 9. The number of carboxylic acids is 1. The number of aromatic nitrogens is 1. The van der Waals surface area contributed by atoms with Crippen LogP contribution in [0.15, 0.2) is 66.7 Å². The zero-order valence-electron chi connectivity index (χ0n) is 22.1. The Labute approximate surface area is 218 Å². The normalized spacial score (nSPS) is 13.7. The van der Waals surface area contributed by atoms with Crippen molar-refractivity contribution < 1.29 is 19.4 Å². The SMILES string of the molecule is COc1cccc(Cn2c(C(=O)O)c(-c3ccc(C(C)(C)C)cc3)c3cc(COCC4CC4)ccc32)c1. The van der Waals surface area contributed by atoms with E-state index in [-0.39, 0.29) is 11.1 Å². The van der Waals surface area contributed by atoms with Gasteiger partial charge in [-0.25, -0.2) is 4.79 Å². The zero-order valence-corrected chi connectivity index (χ0v) is 22.1. The van der Waals surface area contributed by atoms with Gasteiger partial charge >= 0.3 is 5.97 Å². The third-order valence-corrected chi connectivity index (χ3v) is 7.16. The fourth-order valence-electron chi connectivity index (χ4n) is 4.89. The summed E-state index contributed by atoms with van der Waals surface area (Å²) >= 11 is 0. The van der Waals surface area contributed by atoms with Crippen molar-refractivity contribution in [1.82, 2.24) is 4.57 Å². The molecule has 1 aliphatic rings. The minimum atomic E-state index is -0.944. The third kappa shape index (κ3) is 5.42. The van der Waals surface area contributed by atoms with Gasteiger partial charge < -0.3 is 19.1 Å². The van der Waals surface area contributed by atoms with Gasteiger partial charge in [-0.2, -0.15) is 0 Å². The molecule has 4 aromatic rings. The van der Waals surface area contributed by atoms with Crippen LogP contribution in [-0.4, -0.2) is 29.4 Å². The van der Waals surface area contributed by atoms with Crippen LogP contribution in [0.4, 0.5) is 0 Å². The first-order valence-corrected chi connectivity index (χ1v) is 12.9. The van der Waals surface area contributed by atoms with E-state index in [1.807, 2.05) is 47.0 Å². The number of hydrogen-bond donors (Lipinski definition) is 1. The lowest BCUT2D eigenvalue weighted by atomic mass is 9.86. The number of carbonyl (C=O) groups is 1. The van der Waals surface area contributed by atoms with Crippen LogP contribution in [0, 0.1) is 5.92 Å². The van der Waals surface area contributed by atoms with Crippen molar-refractivity contribution in [2.75, 3.05) is 13.7 Å². The number of aromatic carboxylic acids is 1. The summed E-state index contributed by atoms with van der Waals surface area (Å²) < 4.78 is 13.3. The summed E-state index contributed by atoms with van der Waals surface area (Å²) in [5.41, 5.74) is 6.08. The second kappa shape index (κ2) is 10.1. The first-order chi connectivity index (χ1) is 17.7. The van der Waals surface area contributed by atoms with Crippen molar-refractivity contribution in [3.05, 3.63) is 89.1 Å². The van der Waals surface area contributed by atoms with Gasteiger partial charge in [-0.15, -0.1) is 0 Å². The van der Waals surface area contributed by atoms with Crippen molar-refractivity contribution >= 4 is 16.9 Å². The second-order valence-corrected chi connectivity index (χ2v) is 11.1. The minimum Gasteiger partial charge on any atom is -0.497 e. The quantitative estimate of drug-likeness (QED) is 0.264. The van der Waals surface area contributed by atoms with E-state index in [4.69, 9.17) is 9.47 Å². The molecule has 0 bridgehead atoms. The molecule has 37 heavy (non-hydrogen) atoms. The summed E-state index contributed by atoms with van der Waals surface area (Å²) in [5, 5.41) is 11.4. The lowest BCUT2D eigenvalue weighted by molar-refractivity contribution is 0.0687. The highest BCUT2D eigenvalue weighted by Crippen LogP contribution is 2.38. The standard InChI is InChI=1S/C32H35NO4/c1-32(2,3)25-13-11-24(12-14-25)29-27-17-23(20-37-19-21-8-9-21)10-15-28(27)33(30(29)31(34)35)18-22-6-5-7-26(16-22)36-4/h5-7,10-17,21H,8-9,18-20H2,1-4H3,(H,34,35). The predicted octanol–water partition coefficient (Wildman–Crippen LogP) is 7.29. The van der Waals surface area contributed by atoms with E-state index in [1.54, 1.807) is 7.11 Å². The highest BCUT2D eigenvalue weighted by molar-refractivity contribution is 6.08. The Morgan fingerprint density at radius 2 is 1.76 bits per heavy atom. The first kappa shape index (κ1) is 25.1. The molecule has 0 radical (unpaired) electrons. The average molecular weight is 498 g/mol. The molecule has 0 spiro atoms. The Kier molecular flexibility index (Phi) is 6.82. The molecule has 0 atom stereocenters. The topological polar surface area (TPSA) is 60.7 Å². The van der Waals surface area contributed by atoms with Gasteiger partial charge in [-0.3, -0.25) is 0 Å². The van der Waals surface area contributed by atoms with Gasteiger partial charge in [-0.1, -0.05) is 63.2 Å². The molecule has 0 amide bonds. The van der Waals surface area contributed by atoms with Crippen LogP contribution in [0.2, 0.25) is 0 Å². The molecule has 5 nitrogen and oxygen atoms in total. The van der Waals surface area contributed by atoms with E-state index in [9.17, 15) is 9.90 Å². The number of ether oxygens (including phenoxy) is 2. The summed E-state index contributed by atoms with van der Waals surface area (Å²) in [6.07, 6.45) is 2.51. The monoisotopic (exact) mass is 497 g/mol. The maximum Gasteiger partial charge on any atom is 0.353 e. The maximum absolute atomic E-state index is 12.8. The molecule has 3 aromatic carbocycles. The summed E-state index contributed by atoms with van der Waals surface area (Å²) in [5.74, 6) is 0.502. The molecule has 0 unspecified atom stereocenters. The van der Waals surface area contributed by atoms with Crippen molar-refractivity contribution in [1.29, 1.82) is 0 Å². The van der Waals surface area contributed by atoms with Crippen LogP contribution in [0.25, 0.3) is 22.0 Å². The van der Waals surface area contributed by atoms with Crippen LogP contribution in [-0.2, 0) is 23.3 Å². The highest BCUT2D eigenvalue weighted by atomic mass is 16.5. The molecular weight excluding hydrogens is 462 g/mol. The molecule has 192 valence electrons. The molecular formula is C32H35NO4. The lowest BCUT2D eigenvalue weighted by Gasteiger charge is -2.19.